The van der Waals surface area contributed by atoms with E-state index in [1.165, 1.54) is 135 Å². The first-order valence-electron chi connectivity index (χ1n) is 15.7. The van der Waals surface area contributed by atoms with Crippen LogP contribution in [-0.2, 0) is 4.79 Å². The Kier molecular flexibility index (Phi) is 12.9. The number of Topliss-reactive ketones (excluding diaryl/α,β-unsaturated/α-hetero) is 1. The first kappa shape index (κ1) is 27.3. The highest BCUT2D eigenvalue weighted by Gasteiger charge is 2.31. The monoisotopic (exact) mass is 458 g/mol. The van der Waals surface area contributed by atoms with Crippen LogP contribution >= 0.6 is 0 Å². The van der Waals surface area contributed by atoms with Crippen molar-refractivity contribution in [3.8, 4) is 0 Å². The Bertz CT molecular complexity index is 503. The van der Waals surface area contributed by atoms with E-state index in [1.54, 1.807) is 0 Å². The second-order valence-electron chi connectivity index (χ2n) is 12.6. The van der Waals surface area contributed by atoms with Crippen molar-refractivity contribution in [3.05, 3.63) is 0 Å². The van der Waals surface area contributed by atoms with E-state index in [9.17, 15) is 4.79 Å². The summed E-state index contributed by atoms with van der Waals surface area (Å²) in [5.74, 6) is 6.02. The van der Waals surface area contributed by atoms with Crippen LogP contribution in [-0.4, -0.2) is 5.78 Å². The molecule has 0 spiro atoms. The van der Waals surface area contributed by atoms with Crippen LogP contribution in [0.2, 0.25) is 0 Å². The van der Waals surface area contributed by atoms with Gasteiger partial charge in [0.25, 0.3) is 0 Å². The molecule has 0 aromatic rings. The lowest BCUT2D eigenvalue weighted by atomic mass is 9.69. The highest BCUT2D eigenvalue weighted by Crippen LogP contribution is 2.42. The van der Waals surface area contributed by atoms with E-state index in [1.807, 2.05) is 0 Å². The minimum Gasteiger partial charge on any atom is -0.299 e. The van der Waals surface area contributed by atoms with Crippen molar-refractivity contribution in [1.82, 2.24) is 0 Å². The molecule has 3 rings (SSSR count). The fraction of sp³-hybridized carbons (Fsp3) is 0.969. The second kappa shape index (κ2) is 15.6. The number of rotatable bonds is 14. The van der Waals surface area contributed by atoms with Gasteiger partial charge in [0.15, 0.2) is 0 Å². The zero-order valence-electron chi connectivity index (χ0n) is 22.6. The standard InChI is InChI=1S/C32H58O/c1-3-5-6-10-14-32(33)30-22-20-28(21-23-30)25-31(29-12-8-7-9-13-29)24-19-27-17-15-26(11-4-2)16-18-27/h26-31H,3-25H2,1-2H3. The van der Waals surface area contributed by atoms with Crippen LogP contribution in [0.4, 0.5) is 0 Å². The third kappa shape index (κ3) is 9.68. The van der Waals surface area contributed by atoms with Crippen molar-refractivity contribution < 1.29 is 4.79 Å². The van der Waals surface area contributed by atoms with Crippen LogP contribution in [0.3, 0.4) is 0 Å². The fourth-order valence-electron chi connectivity index (χ4n) is 7.90. The smallest absolute Gasteiger partial charge is 0.135 e. The molecule has 0 radical (unpaired) electrons. The molecule has 3 aliphatic rings. The molecular formula is C32H58O. The van der Waals surface area contributed by atoms with Crippen molar-refractivity contribution >= 4 is 5.78 Å². The van der Waals surface area contributed by atoms with Crippen LogP contribution in [0.15, 0.2) is 0 Å². The molecule has 0 aliphatic heterocycles. The van der Waals surface area contributed by atoms with Crippen LogP contribution in [0.1, 0.15) is 162 Å². The molecule has 0 aromatic carbocycles. The van der Waals surface area contributed by atoms with E-state index >= 15 is 0 Å². The van der Waals surface area contributed by atoms with E-state index in [4.69, 9.17) is 0 Å². The van der Waals surface area contributed by atoms with Gasteiger partial charge in [0.05, 0.1) is 0 Å². The van der Waals surface area contributed by atoms with Crippen LogP contribution in [0, 0.1) is 35.5 Å². The molecule has 1 atom stereocenters. The Hall–Kier alpha value is -0.330. The van der Waals surface area contributed by atoms with Crippen LogP contribution in [0.25, 0.3) is 0 Å². The maximum Gasteiger partial charge on any atom is 0.135 e. The van der Waals surface area contributed by atoms with Gasteiger partial charge in [-0.3, -0.25) is 4.79 Å². The zero-order chi connectivity index (χ0) is 23.3. The normalized spacial score (nSPS) is 30.2. The molecule has 0 heterocycles. The van der Waals surface area contributed by atoms with Crippen molar-refractivity contribution in [2.75, 3.05) is 0 Å². The number of carbonyl (C=O) groups excluding carboxylic acids is 1. The number of carbonyl (C=O) groups is 1. The lowest BCUT2D eigenvalue weighted by Crippen LogP contribution is -2.26. The summed E-state index contributed by atoms with van der Waals surface area (Å²) >= 11 is 0. The van der Waals surface area contributed by atoms with E-state index in [-0.39, 0.29) is 0 Å². The quantitative estimate of drug-likeness (QED) is 0.236. The van der Waals surface area contributed by atoms with E-state index in [0.29, 0.717) is 11.7 Å². The lowest BCUT2D eigenvalue weighted by Gasteiger charge is -2.37. The summed E-state index contributed by atoms with van der Waals surface area (Å²) < 4.78 is 0. The molecule has 0 N–H and O–H groups in total. The summed E-state index contributed by atoms with van der Waals surface area (Å²) in [4.78, 5) is 12.7. The highest BCUT2D eigenvalue weighted by molar-refractivity contribution is 5.81. The maximum absolute atomic E-state index is 12.7. The van der Waals surface area contributed by atoms with Gasteiger partial charge in [-0.2, -0.15) is 0 Å². The van der Waals surface area contributed by atoms with Crippen LogP contribution in [0.5, 0.6) is 0 Å². The van der Waals surface area contributed by atoms with Gasteiger partial charge >= 0.3 is 0 Å². The van der Waals surface area contributed by atoms with Gasteiger partial charge in [-0.05, 0) is 74.5 Å². The molecule has 1 heteroatoms. The molecule has 33 heavy (non-hydrogen) atoms. The summed E-state index contributed by atoms with van der Waals surface area (Å²) in [6.07, 6.45) is 31.9. The number of hydrogen-bond donors (Lipinski definition) is 0. The molecule has 3 aliphatic carbocycles. The number of unbranched alkanes of at least 4 members (excludes halogenated alkanes) is 3. The van der Waals surface area contributed by atoms with Gasteiger partial charge in [-0.15, -0.1) is 0 Å². The minimum atomic E-state index is 0.411. The predicted octanol–water partition coefficient (Wildman–Crippen LogP) is 10.3. The van der Waals surface area contributed by atoms with Crippen molar-refractivity contribution in [2.45, 2.75) is 162 Å². The Balaban J connectivity index is 1.41. The van der Waals surface area contributed by atoms with E-state index in [2.05, 4.69) is 13.8 Å². The summed E-state index contributed by atoms with van der Waals surface area (Å²) in [6, 6.07) is 0. The lowest BCUT2D eigenvalue weighted by molar-refractivity contribution is -0.124. The fourth-order valence-corrected chi connectivity index (χ4v) is 7.90. The van der Waals surface area contributed by atoms with Gasteiger partial charge in [0.2, 0.25) is 0 Å². The molecule has 192 valence electrons. The first-order chi connectivity index (χ1) is 16.2. The SMILES string of the molecule is CCCCCCC(=O)C1CCC(CC(CCC2CCC(CCC)CC2)C2CCCCC2)CC1. The highest BCUT2D eigenvalue weighted by atomic mass is 16.1. The number of hydrogen-bond acceptors (Lipinski definition) is 1. The Morgan fingerprint density at radius 3 is 1.94 bits per heavy atom. The molecule has 1 nitrogen and oxygen atoms in total. The van der Waals surface area contributed by atoms with E-state index < -0.39 is 0 Å². The second-order valence-corrected chi connectivity index (χ2v) is 12.6. The molecule has 0 saturated heterocycles. The van der Waals surface area contributed by atoms with Gasteiger partial charge in [0, 0.05) is 12.3 Å². The summed E-state index contributed by atoms with van der Waals surface area (Å²) in [7, 11) is 0. The number of ketones is 1. The molecule has 0 amide bonds. The summed E-state index contributed by atoms with van der Waals surface area (Å²) in [5, 5.41) is 0. The van der Waals surface area contributed by atoms with Crippen molar-refractivity contribution in [1.29, 1.82) is 0 Å². The molecule has 0 aromatic heterocycles. The van der Waals surface area contributed by atoms with Crippen LogP contribution < -0.4 is 0 Å². The molecule has 3 fully saturated rings. The van der Waals surface area contributed by atoms with E-state index in [0.717, 1.165) is 42.4 Å². The largest absolute Gasteiger partial charge is 0.299 e. The van der Waals surface area contributed by atoms with Gasteiger partial charge < -0.3 is 0 Å². The minimum absolute atomic E-state index is 0.411. The van der Waals surface area contributed by atoms with Gasteiger partial charge in [-0.1, -0.05) is 110 Å². The van der Waals surface area contributed by atoms with Gasteiger partial charge in [-0.25, -0.2) is 0 Å². The predicted molar refractivity (Wildman–Crippen MR) is 143 cm³/mol. The zero-order valence-corrected chi connectivity index (χ0v) is 22.6. The Morgan fingerprint density at radius 1 is 0.667 bits per heavy atom. The third-order valence-electron chi connectivity index (χ3n) is 10.1. The molecule has 0 bridgehead atoms. The van der Waals surface area contributed by atoms with Gasteiger partial charge in [0.1, 0.15) is 5.78 Å². The Morgan fingerprint density at radius 2 is 1.30 bits per heavy atom. The first-order valence-corrected chi connectivity index (χ1v) is 15.7. The van der Waals surface area contributed by atoms with Crippen molar-refractivity contribution in [2.24, 2.45) is 35.5 Å². The summed E-state index contributed by atoms with van der Waals surface area (Å²) in [6.45, 7) is 4.61. The van der Waals surface area contributed by atoms with Crippen molar-refractivity contribution in [3.63, 3.8) is 0 Å². The Labute approximate surface area is 207 Å². The molecule has 1 unspecified atom stereocenters. The topological polar surface area (TPSA) is 17.1 Å². The summed E-state index contributed by atoms with van der Waals surface area (Å²) in [5.41, 5.74) is 0. The molecular weight excluding hydrogens is 400 g/mol. The maximum atomic E-state index is 12.7. The third-order valence-corrected chi connectivity index (χ3v) is 10.1. The average molecular weight is 459 g/mol. The average Bonchev–Trinajstić information content (AvgIpc) is 2.86. The molecule has 3 saturated carbocycles.